The van der Waals surface area contributed by atoms with Crippen molar-refractivity contribution in [3.05, 3.63) is 23.8 Å². The molecule has 0 spiro atoms. The van der Waals surface area contributed by atoms with Gasteiger partial charge in [-0.15, -0.1) is 0 Å². The molecule has 2 N–H and O–H groups in total. The minimum atomic E-state index is -0.301. The smallest absolute Gasteiger partial charge is 0.410 e. The van der Waals surface area contributed by atoms with E-state index in [0.29, 0.717) is 31.3 Å². The number of phenolic OH excluding ortho intramolecular Hbond substituents is 1. The van der Waals surface area contributed by atoms with Gasteiger partial charge in [-0.1, -0.05) is 19.9 Å². The van der Waals surface area contributed by atoms with Crippen molar-refractivity contribution < 1.29 is 24.2 Å². The average Bonchev–Trinajstić information content (AvgIpc) is 2.66. The van der Waals surface area contributed by atoms with Crippen LogP contribution in [0, 0.1) is 17.8 Å². The van der Waals surface area contributed by atoms with E-state index in [1.54, 1.807) is 17.0 Å². The van der Waals surface area contributed by atoms with Gasteiger partial charge >= 0.3 is 6.09 Å². The molecule has 160 valence electrons. The Bertz CT molecular complexity index is 722. The first-order chi connectivity index (χ1) is 13.9. The van der Waals surface area contributed by atoms with E-state index < -0.39 is 0 Å². The molecule has 7 nitrogen and oxygen atoms in total. The normalized spacial score (nSPS) is 22.1. The standard InChI is InChI=1S/C22H32N2O5/c1-14(2)16-5-7-18(8-6-16)29-22(27)24-12-17(13-24)21(26)23-11-15-4-9-19(25)20(10-15)28-3/h4,9-10,14,16-18,25H,5-8,11-13H2,1-3H3,(H,23,26)/t16-,18-. The number of benzene rings is 1. The predicted molar refractivity (Wildman–Crippen MR) is 109 cm³/mol. The summed E-state index contributed by atoms with van der Waals surface area (Å²) in [4.78, 5) is 26.2. The van der Waals surface area contributed by atoms with E-state index in [2.05, 4.69) is 19.2 Å². The first-order valence-electron chi connectivity index (χ1n) is 10.5. The first kappa shape index (κ1) is 21.3. The number of carbonyl (C=O) groups is 2. The Labute approximate surface area is 172 Å². The molecule has 0 radical (unpaired) electrons. The van der Waals surface area contributed by atoms with Gasteiger partial charge in [0.05, 0.1) is 13.0 Å². The van der Waals surface area contributed by atoms with Gasteiger partial charge in [-0.2, -0.15) is 0 Å². The van der Waals surface area contributed by atoms with Crippen LogP contribution in [0.3, 0.4) is 0 Å². The monoisotopic (exact) mass is 404 g/mol. The van der Waals surface area contributed by atoms with Gasteiger partial charge in [0.15, 0.2) is 11.5 Å². The summed E-state index contributed by atoms with van der Waals surface area (Å²) >= 11 is 0. The number of methoxy groups -OCH3 is 1. The second-order valence-electron chi connectivity index (χ2n) is 8.49. The molecule has 7 heteroatoms. The number of ether oxygens (including phenoxy) is 2. The van der Waals surface area contributed by atoms with Crippen molar-refractivity contribution in [2.24, 2.45) is 17.8 Å². The third-order valence-corrected chi connectivity index (χ3v) is 6.15. The van der Waals surface area contributed by atoms with Crippen molar-refractivity contribution in [2.45, 2.75) is 52.2 Å². The highest BCUT2D eigenvalue weighted by molar-refractivity contribution is 5.82. The molecule has 0 unspecified atom stereocenters. The summed E-state index contributed by atoms with van der Waals surface area (Å²) < 4.78 is 10.7. The van der Waals surface area contributed by atoms with Crippen molar-refractivity contribution in [3.8, 4) is 11.5 Å². The number of amides is 2. The van der Waals surface area contributed by atoms with Gasteiger partial charge in [-0.3, -0.25) is 4.79 Å². The number of hydrogen-bond donors (Lipinski definition) is 2. The highest BCUT2D eigenvalue weighted by Gasteiger charge is 2.37. The SMILES string of the molecule is COc1cc(CNC(=O)C2CN(C(=O)O[C@H]3CC[C@H](C(C)C)CC3)C2)ccc1O. The summed E-state index contributed by atoms with van der Waals surface area (Å²) in [5, 5.41) is 12.5. The number of nitrogens with one attached hydrogen (secondary N) is 1. The van der Waals surface area contributed by atoms with Crippen LogP contribution in [0.5, 0.6) is 11.5 Å². The Morgan fingerprint density at radius 1 is 1.21 bits per heavy atom. The van der Waals surface area contributed by atoms with E-state index in [4.69, 9.17) is 9.47 Å². The third-order valence-electron chi connectivity index (χ3n) is 6.15. The Morgan fingerprint density at radius 3 is 2.52 bits per heavy atom. The van der Waals surface area contributed by atoms with Gasteiger partial charge in [0.1, 0.15) is 6.10 Å². The summed E-state index contributed by atoms with van der Waals surface area (Å²) in [6, 6.07) is 4.96. The van der Waals surface area contributed by atoms with Gasteiger partial charge < -0.3 is 24.8 Å². The van der Waals surface area contributed by atoms with Gasteiger partial charge in [0.2, 0.25) is 5.91 Å². The maximum absolute atomic E-state index is 12.3. The number of nitrogens with zero attached hydrogens (tertiary/aromatic N) is 1. The molecule has 3 rings (SSSR count). The second-order valence-corrected chi connectivity index (χ2v) is 8.49. The summed E-state index contributed by atoms with van der Waals surface area (Å²) in [6.45, 7) is 5.63. The quantitative estimate of drug-likeness (QED) is 0.760. The number of carbonyl (C=O) groups excluding carboxylic acids is 2. The minimum Gasteiger partial charge on any atom is -0.504 e. The van der Waals surface area contributed by atoms with E-state index in [0.717, 1.165) is 37.2 Å². The lowest BCUT2D eigenvalue weighted by molar-refractivity contribution is -0.129. The lowest BCUT2D eigenvalue weighted by Crippen LogP contribution is -2.56. The molecule has 1 aliphatic carbocycles. The largest absolute Gasteiger partial charge is 0.504 e. The molecule has 1 aromatic rings. The molecular weight excluding hydrogens is 372 g/mol. The second kappa shape index (κ2) is 9.37. The van der Waals surface area contributed by atoms with Crippen molar-refractivity contribution in [1.82, 2.24) is 10.2 Å². The fourth-order valence-electron chi connectivity index (χ4n) is 4.05. The number of phenols is 1. The van der Waals surface area contributed by atoms with Gasteiger partial charge in [-0.25, -0.2) is 4.79 Å². The molecule has 1 aliphatic heterocycles. The molecular formula is C22H32N2O5. The van der Waals surface area contributed by atoms with Gasteiger partial charge in [0, 0.05) is 19.6 Å². The van der Waals surface area contributed by atoms with Gasteiger partial charge in [0.25, 0.3) is 0 Å². The van der Waals surface area contributed by atoms with E-state index in [1.165, 1.54) is 13.2 Å². The fraction of sp³-hybridized carbons (Fsp3) is 0.636. The van der Waals surface area contributed by atoms with Crippen LogP contribution in [0.2, 0.25) is 0 Å². The zero-order chi connectivity index (χ0) is 21.0. The maximum Gasteiger partial charge on any atom is 0.410 e. The van der Waals surface area contributed by atoms with Crippen LogP contribution >= 0.6 is 0 Å². The molecule has 2 fully saturated rings. The molecule has 1 heterocycles. The van der Waals surface area contributed by atoms with Crippen LogP contribution in [0.4, 0.5) is 4.79 Å². The van der Waals surface area contributed by atoms with Crippen LogP contribution in [0.25, 0.3) is 0 Å². The maximum atomic E-state index is 12.3. The summed E-state index contributed by atoms with van der Waals surface area (Å²) in [5.41, 5.74) is 0.834. The third kappa shape index (κ3) is 5.34. The Kier molecular flexibility index (Phi) is 6.87. The molecule has 2 aliphatic rings. The van der Waals surface area contributed by atoms with Gasteiger partial charge in [-0.05, 0) is 55.2 Å². The van der Waals surface area contributed by atoms with Crippen LogP contribution in [-0.4, -0.2) is 48.3 Å². The van der Waals surface area contributed by atoms with Crippen molar-refractivity contribution in [3.63, 3.8) is 0 Å². The molecule has 29 heavy (non-hydrogen) atoms. The van der Waals surface area contributed by atoms with Crippen LogP contribution in [-0.2, 0) is 16.1 Å². The number of aromatic hydroxyl groups is 1. The van der Waals surface area contributed by atoms with E-state index in [-0.39, 0.29) is 29.8 Å². The summed E-state index contributed by atoms with van der Waals surface area (Å²) in [6.07, 6.45) is 3.80. The van der Waals surface area contributed by atoms with E-state index in [9.17, 15) is 14.7 Å². The van der Waals surface area contributed by atoms with E-state index >= 15 is 0 Å². The molecule has 0 bridgehead atoms. The minimum absolute atomic E-state index is 0.00912. The molecule has 1 saturated carbocycles. The molecule has 0 aromatic heterocycles. The molecule has 2 amide bonds. The van der Waals surface area contributed by atoms with Crippen LogP contribution < -0.4 is 10.1 Å². The zero-order valence-corrected chi connectivity index (χ0v) is 17.5. The number of hydrogen-bond acceptors (Lipinski definition) is 5. The number of likely N-dealkylation sites (tertiary alicyclic amines) is 1. The Morgan fingerprint density at radius 2 is 1.90 bits per heavy atom. The van der Waals surface area contributed by atoms with E-state index in [1.807, 2.05) is 0 Å². The summed E-state index contributed by atoms with van der Waals surface area (Å²) in [5.74, 6) is 1.56. The highest BCUT2D eigenvalue weighted by atomic mass is 16.6. The lowest BCUT2D eigenvalue weighted by atomic mass is 9.80. The topological polar surface area (TPSA) is 88.1 Å². The number of rotatable bonds is 6. The highest BCUT2D eigenvalue weighted by Crippen LogP contribution is 2.32. The molecule has 0 atom stereocenters. The predicted octanol–water partition coefficient (Wildman–Crippen LogP) is 3.30. The van der Waals surface area contributed by atoms with Crippen molar-refractivity contribution >= 4 is 12.0 Å². The van der Waals surface area contributed by atoms with Crippen LogP contribution in [0.15, 0.2) is 18.2 Å². The van der Waals surface area contributed by atoms with Crippen molar-refractivity contribution in [1.29, 1.82) is 0 Å². The lowest BCUT2D eigenvalue weighted by Gasteiger charge is -2.39. The average molecular weight is 405 g/mol. The zero-order valence-electron chi connectivity index (χ0n) is 17.5. The molecule has 1 saturated heterocycles. The fourth-order valence-corrected chi connectivity index (χ4v) is 4.05. The Hall–Kier alpha value is -2.44. The summed E-state index contributed by atoms with van der Waals surface area (Å²) in [7, 11) is 1.48. The van der Waals surface area contributed by atoms with Crippen LogP contribution in [0.1, 0.15) is 45.1 Å². The first-order valence-corrected chi connectivity index (χ1v) is 10.5. The van der Waals surface area contributed by atoms with Crippen molar-refractivity contribution in [2.75, 3.05) is 20.2 Å². The Balaban J connectivity index is 1.37. The molecule has 1 aromatic carbocycles.